The zero-order chi connectivity index (χ0) is 33.1. The molecule has 0 aromatic heterocycles. The summed E-state index contributed by atoms with van der Waals surface area (Å²) in [6, 6.07) is 23.3. The standard InChI is InChI=1S/C34H45N3O2.C2H2O4.H2O/c1-25(2)27-16-20-29(21-17-27)37(24-26-14-18-28(19-15-26)36(5)6)34(38)32-12-7-11-31-30(32)10-8-13-33(31)39-23-9-22-35(3)4;3-1(4)2(5)6;/h8,10,13-21,25,32H,7,9,11-12,22-24H2,1-6H3;(H,3,4)(H,5,6);1H2. The van der Waals surface area contributed by atoms with Crippen LogP contribution in [0, 0.1) is 0 Å². The largest absolute Gasteiger partial charge is 0.493 e. The number of aliphatic carboxylic acids is 2. The number of carbonyl (C=O) groups is 3. The molecule has 0 bridgehead atoms. The molecule has 10 nitrogen and oxygen atoms in total. The van der Waals surface area contributed by atoms with E-state index in [1.807, 2.05) is 25.1 Å². The summed E-state index contributed by atoms with van der Waals surface area (Å²) in [5, 5.41) is 14.8. The van der Waals surface area contributed by atoms with E-state index in [0.717, 1.165) is 60.5 Å². The summed E-state index contributed by atoms with van der Waals surface area (Å²) in [6.45, 7) is 6.62. The second-order valence-electron chi connectivity index (χ2n) is 12.1. The lowest BCUT2D eigenvalue weighted by atomic mass is 9.81. The first-order chi connectivity index (χ1) is 21.4. The van der Waals surface area contributed by atoms with E-state index in [4.69, 9.17) is 24.5 Å². The zero-order valence-electron chi connectivity index (χ0n) is 27.8. The van der Waals surface area contributed by atoms with E-state index >= 15 is 0 Å². The minimum Gasteiger partial charge on any atom is -0.493 e. The van der Waals surface area contributed by atoms with Crippen molar-refractivity contribution in [1.29, 1.82) is 0 Å². The third kappa shape index (κ3) is 10.6. The van der Waals surface area contributed by atoms with Crippen molar-refractivity contribution in [2.24, 2.45) is 0 Å². The number of fused-ring (bicyclic) bond motifs is 1. The molecule has 0 saturated carbocycles. The average molecular weight is 636 g/mol. The van der Waals surface area contributed by atoms with Crippen LogP contribution in [0.25, 0.3) is 0 Å². The van der Waals surface area contributed by atoms with Crippen LogP contribution in [0.1, 0.15) is 67.2 Å². The van der Waals surface area contributed by atoms with Crippen molar-refractivity contribution in [1.82, 2.24) is 4.90 Å². The Hall–Kier alpha value is -4.41. The minimum atomic E-state index is -1.82. The summed E-state index contributed by atoms with van der Waals surface area (Å²) in [5.74, 6) is -2.27. The molecular weight excluding hydrogens is 586 g/mol. The van der Waals surface area contributed by atoms with Gasteiger partial charge in [0.25, 0.3) is 0 Å². The number of hydrogen-bond donors (Lipinski definition) is 2. The van der Waals surface area contributed by atoms with Crippen LogP contribution >= 0.6 is 0 Å². The Labute approximate surface area is 272 Å². The Bertz CT molecular complexity index is 1410. The third-order valence-corrected chi connectivity index (χ3v) is 7.88. The molecule has 4 rings (SSSR count). The van der Waals surface area contributed by atoms with E-state index in [1.165, 1.54) is 11.1 Å². The molecule has 0 saturated heterocycles. The smallest absolute Gasteiger partial charge is 0.414 e. The van der Waals surface area contributed by atoms with Crippen molar-refractivity contribution in [3.8, 4) is 5.75 Å². The first kappa shape index (κ1) is 37.8. The maximum absolute atomic E-state index is 14.4. The van der Waals surface area contributed by atoms with Gasteiger partial charge < -0.3 is 35.1 Å². The fraction of sp³-hybridized carbons (Fsp3) is 0.417. The molecule has 10 heteroatoms. The molecule has 3 aromatic carbocycles. The molecule has 4 N–H and O–H groups in total. The van der Waals surface area contributed by atoms with E-state index in [0.29, 0.717) is 19.1 Å². The number of ether oxygens (including phenoxy) is 1. The zero-order valence-corrected chi connectivity index (χ0v) is 27.8. The van der Waals surface area contributed by atoms with Crippen LogP contribution in [-0.2, 0) is 27.3 Å². The number of nitrogens with zero attached hydrogens (tertiary/aromatic N) is 3. The Morgan fingerprint density at radius 1 is 0.870 bits per heavy atom. The molecule has 0 spiro atoms. The van der Waals surface area contributed by atoms with Gasteiger partial charge in [-0.05, 0) is 98.3 Å². The molecule has 0 aliphatic heterocycles. The van der Waals surface area contributed by atoms with E-state index in [2.05, 4.69) is 98.4 Å². The predicted molar refractivity (Wildman–Crippen MR) is 182 cm³/mol. The van der Waals surface area contributed by atoms with Gasteiger partial charge in [-0.2, -0.15) is 0 Å². The first-order valence-corrected chi connectivity index (χ1v) is 15.4. The van der Waals surface area contributed by atoms with Crippen LogP contribution in [0.15, 0.2) is 66.7 Å². The molecule has 0 fully saturated rings. The van der Waals surface area contributed by atoms with Crippen molar-refractivity contribution in [2.75, 3.05) is 51.1 Å². The van der Waals surface area contributed by atoms with Crippen LogP contribution in [0.2, 0.25) is 0 Å². The van der Waals surface area contributed by atoms with Gasteiger partial charge in [0.05, 0.1) is 19.1 Å². The van der Waals surface area contributed by atoms with Gasteiger partial charge in [-0.15, -0.1) is 0 Å². The summed E-state index contributed by atoms with van der Waals surface area (Å²) in [5.41, 5.74) is 6.83. The van der Waals surface area contributed by atoms with Crippen LogP contribution in [-0.4, -0.2) is 79.8 Å². The number of amides is 1. The number of carboxylic acid groups (broad SMARTS) is 2. The topological polar surface area (TPSA) is 142 Å². The van der Waals surface area contributed by atoms with E-state index in [9.17, 15) is 4.79 Å². The summed E-state index contributed by atoms with van der Waals surface area (Å²) < 4.78 is 6.23. The fourth-order valence-corrected chi connectivity index (χ4v) is 5.38. The number of benzene rings is 3. The molecule has 1 amide bonds. The third-order valence-electron chi connectivity index (χ3n) is 7.88. The number of anilines is 2. The number of carboxylic acids is 2. The molecule has 0 heterocycles. The molecule has 3 aromatic rings. The molecule has 46 heavy (non-hydrogen) atoms. The highest BCUT2D eigenvalue weighted by Gasteiger charge is 2.32. The Morgan fingerprint density at radius 3 is 2.02 bits per heavy atom. The Morgan fingerprint density at radius 2 is 1.48 bits per heavy atom. The SMILES string of the molecule is CC(C)c1ccc(N(Cc2ccc(N(C)C)cc2)C(=O)C2CCCc3c(OCCCN(C)C)cccc32)cc1.O.O=C(O)C(=O)O. The van der Waals surface area contributed by atoms with E-state index in [-0.39, 0.29) is 17.3 Å². The first-order valence-electron chi connectivity index (χ1n) is 15.4. The van der Waals surface area contributed by atoms with Crippen LogP contribution < -0.4 is 14.5 Å². The van der Waals surface area contributed by atoms with Crippen LogP contribution in [0.4, 0.5) is 11.4 Å². The monoisotopic (exact) mass is 635 g/mol. The Kier molecular flexibility index (Phi) is 14.7. The lowest BCUT2D eigenvalue weighted by Crippen LogP contribution is -2.36. The van der Waals surface area contributed by atoms with E-state index < -0.39 is 11.9 Å². The predicted octanol–water partition coefficient (Wildman–Crippen LogP) is 5.19. The van der Waals surface area contributed by atoms with Gasteiger partial charge in [0.2, 0.25) is 5.91 Å². The minimum absolute atomic E-state index is 0. The van der Waals surface area contributed by atoms with Crippen molar-refractivity contribution < 1.29 is 34.8 Å². The average Bonchev–Trinajstić information content (AvgIpc) is 3.01. The van der Waals surface area contributed by atoms with Gasteiger partial charge in [-0.1, -0.05) is 50.2 Å². The van der Waals surface area contributed by atoms with Crippen LogP contribution in [0.5, 0.6) is 5.75 Å². The Balaban J connectivity index is 0.000000960. The normalized spacial score (nSPS) is 13.5. The lowest BCUT2D eigenvalue weighted by Gasteiger charge is -2.32. The fourth-order valence-electron chi connectivity index (χ4n) is 5.38. The van der Waals surface area contributed by atoms with Crippen molar-refractivity contribution in [3.63, 3.8) is 0 Å². The highest BCUT2D eigenvalue weighted by atomic mass is 16.5. The highest BCUT2D eigenvalue weighted by molar-refractivity contribution is 6.27. The summed E-state index contributed by atoms with van der Waals surface area (Å²) in [6.07, 6.45) is 3.78. The quantitative estimate of drug-likeness (QED) is 0.217. The lowest BCUT2D eigenvalue weighted by molar-refractivity contribution is -0.159. The van der Waals surface area contributed by atoms with Gasteiger partial charge in [0.15, 0.2) is 0 Å². The maximum Gasteiger partial charge on any atom is 0.414 e. The summed E-state index contributed by atoms with van der Waals surface area (Å²) in [7, 11) is 8.25. The molecule has 0 radical (unpaired) electrons. The number of hydrogen-bond acceptors (Lipinski definition) is 6. The van der Waals surface area contributed by atoms with Gasteiger partial charge in [-0.25, -0.2) is 9.59 Å². The van der Waals surface area contributed by atoms with Crippen molar-refractivity contribution in [3.05, 3.63) is 89.0 Å². The van der Waals surface area contributed by atoms with Gasteiger partial charge in [-0.3, -0.25) is 4.79 Å². The van der Waals surface area contributed by atoms with Crippen molar-refractivity contribution in [2.45, 2.75) is 57.9 Å². The highest BCUT2D eigenvalue weighted by Crippen LogP contribution is 2.39. The van der Waals surface area contributed by atoms with E-state index in [1.54, 1.807) is 0 Å². The molecule has 1 atom stereocenters. The molecule has 1 aliphatic carbocycles. The van der Waals surface area contributed by atoms with Gasteiger partial charge in [0.1, 0.15) is 5.75 Å². The van der Waals surface area contributed by atoms with Crippen LogP contribution in [0.3, 0.4) is 0 Å². The number of carbonyl (C=O) groups excluding carboxylic acids is 1. The molecule has 250 valence electrons. The second kappa shape index (κ2) is 17.9. The van der Waals surface area contributed by atoms with Crippen molar-refractivity contribution >= 4 is 29.2 Å². The number of rotatable bonds is 11. The molecular formula is C36H49N3O7. The summed E-state index contributed by atoms with van der Waals surface area (Å²) in [4.78, 5) is 38.8. The maximum atomic E-state index is 14.4. The second-order valence-corrected chi connectivity index (χ2v) is 12.1. The molecule has 1 unspecified atom stereocenters. The molecule has 1 aliphatic rings. The van der Waals surface area contributed by atoms with Gasteiger partial charge >= 0.3 is 11.9 Å². The summed E-state index contributed by atoms with van der Waals surface area (Å²) >= 11 is 0. The van der Waals surface area contributed by atoms with Gasteiger partial charge in [0, 0.05) is 32.0 Å².